The van der Waals surface area contributed by atoms with Crippen LogP contribution in [0.1, 0.15) is 32.4 Å². The van der Waals surface area contributed by atoms with Crippen molar-refractivity contribution in [2.45, 2.75) is 26.8 Å². The van der Waals surface area contributed by atoms with Gasteiger partial charge in [-0.05, 0) is 50.7 Å². The van der Waals surface area contributed by atoms with Crippen LogP contribution in [-0.2, 0) is 4.79 Å². The minimum absolute atomic E-state index is 0.00247. The van der Waals surface area contributed by atoms with Gasteiger partial charge >= 0.3 is 0 Å². The molecule has 1 atom stereocenters. The van der Waals surface area contributed by atoms with Gasteiger partial charge in [0, 0.05) is 18.8 Å². The molecule has 1 amide bonds. The standard InChI is InChI=1S/C17H21N3O3S/c1-4-20(5-2)16(21)14-10(3)18-17(24)19-15(14)11-6-7-12-13(8-11)23-9-22-12/h6-8,15H,4-5,9H2,1-3H3,(H2,18,19,24)/t15-/m1/s1. The number of nitrogens with one attached hydrogen (secondary N) is 2. The zero-order valence-corrected chi connectivity index (χ0v) is 14.8. The van der Waals surface area contributed by atoms with Gasteiger partial charge in [-0.1, -0.05) is 6.07 Å². The summed E-state index contributed by atoms with van der Waals surface area (Å²) in [4.78, 5) is 14.8. The van der Waals surface area contributed by atoms with Gasteiger partial charge in [0.1, 0.15) is 0 Å². The molecule has 2 heterocycles. The highest BCUT2D eigenvalue weighted by molar-refractivity contribution is 7.80. The Morgan fingerprint density at radius 3 is 2.71 bits per heavy atom. The molecule has 0 fully saturated rings. The smallest absolute Gasteiger partial charge is 0.253 e. The molecule has 6 nitrogen and oxygen atoms in total. The highest BCUT2D eigenvalue weighted by Crippen LogP contribution is 2.37. The second-order valence-electron chi connectivity index (χ2n) is 5.66. The first kappa shape index (κ1) is 16.6. The molecule has 3 rings (SSSR count). The highest BCUT2D eigenvalue weighted by atomic mass is 32.1. The lowest BCUT2D eigenvalue weighted by Gasteiger charge is -2.33. The summed E-state index contributed by atoms with van der Waals surface area (Å²) in [5.74, 6) is 1.40. The summed E-state index contributed by atoms with van der Waals surface area (Å²) in [7, 11) is 0. The van der Waals surface area contributed by atoms with Crippen molar-refractivity contribution in [2.24, 2.45) is 0 Å². The van der Waals surface area contributed by atoms with Gasteiger partial charge in [-0.15, -0.1) is 0 Å². The number of ether oxygens (including phenoxy) is 2. The topological polar surface area (TPSA) is 62.8 Å². The molecule has 0 bridgehead atoms. The molecular formula is C17H21N3O3S. The van der Waals surface area contributed by atoms with Crippen LogP contribution >= 0.6 is 12.2 Å². The van der Waals surface area contributed by atoms with E-state index < -0.39 is 0 Å². The fourth-order valence-corrected chi connectivity index (χ4v) is 3.27. The Hall–Kier alpha value is -2.28. The van der Waals surface area contributed by atoms with Crippen molar-refractivity contribution in [3.05, 3.63) is 35.0 Å². The first-order chi connectivity index (χ1) is 11.5. The Bertz CT molecular complexity index is 713. The zero-order chi connectivity index (χ0) is 17.3. The number of nitrogens with zero attached hydrogens (tertiary/aromatic N) is 1. The second kappa shape index (κ2) is 6.68. The molecule has 24 heavy (non-hydrogen) atoms. The summed E-state index contributed by atoms with van der Waals surface area (Å²) in [6.45, 7) is 7.36. The van der Waals surface area contributed by atoms with Gasteiger partial charge in [-0.2, -0.15) is 0 Å². The number of carbonyl (C=O) groups is 1. The lowest BCUT2D eigenvalue weighted by molar-refractivity contribution is -0.127. The molecule has 0 aliphatic carbocycles. The average Bonchev–Trinajstić information content (AvgIpc) is 3.02. The predicted molar refractivity (Wildman–Crippen MR) is 94.8 cm³/mol. The van der Waals surface area contributed by atoms with Crippen LogP contribution in [0.2, 0.25) is 0 Å². The van der Waals surface area contributed by atoms with Crippen LogP contribution in [-0.4, -0.2) is 35.8 Å². The molecule has 2 aliphatic heterocycles. The summed E-state index contributed by atoms with van der Waals surface area (Å²) in [5, 5.41) is 6.77. The number of rotatable bonds is 4. The number of hydrogen-bond acceptors (Lipinski definition) is 4. The third kappa shape index (κ3) is 2.91. The van der Waals surface area contributed by atoms with Crippen molar-refractivity contribution in [1.29, 1.82) is 0 Å². The summed E-state index contributed by atoms with van der Waals surface area (Å²) in [6.07, 6.45) is 0. The van der Waals surface area contributed by atoms with E-state index in [1.807, 2.05) is 39.0 Å². The third-order valence-electron chi connectivity index (χ3n) is 4.28. The molecule has 0 saturated heterocycles. The molecule has 2 N–H and O–H groups in total. The van der Waals surface area contributed by atoms with Gasteiger partial charge in [-0.25, -0.2) is 0 Å². The molecule has 0 aromatic heterocycles. The summed E-state index contributed by atoms with van der Waals surface area (Å²) >= 11 is 5.28. The molecule has 1 aromatic rings. The van der Waals surface area contributed by atoms with Crippen LogP contribution in [0.15, 0.2) is 29.5 Å². The average molecular weight is 347 g/mol. The minimum atomic E-state index is -0.318. The van der Waals surface area contributed by atoms with E-state index in [1.165, 1.54) is 0 Å². The number of thiocarbonyl (C=S) groups is 1. The summed E-state index contributed by atoms with van der Waals surface area (Å²) < 4.78 is 10.8. The first-order valence-corrected chi connectivity index (χ1v) is 8.43. The highest BCUT2D eigenvalue weighted by Gasteiger charge is 2.32. The van der Waals surface area contributed by atoms with Gasteiger partial charge < -0.3 is 25.0 Å². The molecule has 7 heteroatoms. The largest absolute Gasteiger partial charge is 0.454 e. The van der Waals surface area contributed by atoms with E-state index in [2.05, 4.69) is 10.6 Å². The quantitative estimate of drug-likeness (QED) is 0.813. The number of hydrogen-bond donors (Lipinski definition) is 2. The van der Waals surface area contributed by atoms with E-state index in [0.29, 0.717) is 35.3 Å². The van der Waals surface area contributed by atoms with Crippen molar-refractivity contribution in [2.75, 3.05) is 19.9 Å². The van der Waals surface area contributed by atoms with Crippen molar-refractivity contribution in [3.63, 3.8) is 0 Å². The number of allylic oxidation sites excluding steroid dienone is 1. The third-order valence-corrected chi connectivity index (χ3v) is 4.50. The zero-order valence-electron chi connectivity index (χ0n) is 14.0. The minimum Gasteiger partial charge on any atom is -0.454 e. The van der Waals surface area contributed by atoms with Crippen LogP contribution < -0.4 is 20.1 Å². The van der Waals surface area contributed by atoms with E-state index in [4.69, 9.17) is 21.7 Å². The number of fused-ring (bicyclic) bond motifs is 1. The molecule has 0 radical (unpaired) electrons. The Labute approximate surface area is 146 Å². The maximum atomic E-state index is 13.0. The van der Waals surface area contributed by atoms with Crippen molar-refractivity contribution < 1.29 is 14.3 Å². The molecule has 128 valence electrons. The van der Waals surface area contributed by atoms with E-state index in [0.717, 1.165) is 11.3 Å². The normalized spacial score (nSPS) is 19.0. The van der Waals surface area contributed by atoms with Crippen molar-refractivity contribution in [3.8, 4) is 11.5 Å². The van der Waals surface area contributed by atoms with Gasteiger partial charge in [0.2, 0.25) is 6.79 Å². The van der Waals surface area contributed by atoms with Gasteiger partial charge in [0.25, 0.3) is 5.91 Å². The lowest BCUT2D eigenvalue weighted by atomic mass is 9.94. The number of benzene rings is 1. The van der Waals surface area contributed by atoms with E-state index in [9.17, 15) is 4.79 Å². The van der Waals surface area contributed by atoms with Crippen LogP contribution in [0.4, 0.5) is 0 Å². The Morgan fingerprint density at radius 2 is 2.00 bits per heavy atom. The van der Waals surface area contributed by atoms with E-state index in [-0.39, 0.29) is 18.7 Å². The van der Waals surface area contributed by atoms with Crippen molar-refractivity contribution in [1.82, 2.24) is 15.5 Å². The fourth-order valence-electron chi connectivity index (χ4n) is 3.00. The van der Waals surface area contributed by atoms with Gasteiger partial charge in [0.05, 0.1) is 11.6 Å². The molecular weight excluding hydrogens is 326 g/mol. The molecule has 0 unspecified atom stereocenters. The molecule has 0 saturated carbocycles. The van der Waals surface area contributed by atoms with Gasteiger partial charge in [-0.3, -0.25) is 4.79 Å². The van der Waals surface area contributed by atoms with Crippen LogP contribution in [0.3, 0.4) is 0 Å². The van der Waals surface area contributed by atoms with Gasteiger partial charge in [0.15, 0.2) is 16.6 Å². The number of amides is 1. The number of carbonyl (C=O) groups excluding carboxylic acids is 1. The maximum absolute atomic E-state index is 13.0. The lowest BCUT2D eigenvalue weighted by Crippen LogP contribution is -2.47. The van der Waals surface area contributed by atoms with Crippen LogP contribution in [0.5, 0.6) is 11.5 Å². The second-order valence-corrected chi connectivity index (χ2v) is 6.07. The first-order valence-electron chi connectivity index (χ1n) is 8.02. The van der Waals surface area contributed by atoms with Crippen LogP contribution in [0.25, 0.3) is 0 Å². The summed E-state index contributed by atoms with van der Waals surface area (Å²) in [5.41, 5.74) is 2.36. The monoisotopic (exact) mass is 347 g/mol. The molecule has 1 aromatic carbocycles. The molecule has 0 spiro atoms. The predicted octanol–water partition coefficient (Wildman–Crippen LogP) is 2.08. The fraction of sp³-hybridized carbons (Fsp3) is 0.412. The van der Waals surface area contributed by atoms with Crippen molar-refractivity contribution >= 4 is 23.2 Å². The Kier molecular flexibility index (Phi) is 4.62. The maximum Gasteiger partial charge on any atom is 0.253 e. The Balaban J connectivity index is 2.01. The Morgan fingerprint density at radius 1 is 1.29 bits per heavy atom. The van der Waals surface area contributed by atoms with E-state index >= 15 is 0 Å². The SMILES string of the molecule is CCN(CC)C(=O)C1=C(C)NC(=S)N[C@@H]1c1ccc2c(c1)OCO2. The van der Waals surface area contributed by atoms with E-state index in [1.54, 1.807) is 4.90 Å². The summed E-state index contributed by atoms with van der Waals surface area (Å²) in [6, 6.07) is 5.37. The molecule has 2 aliphatic rings. The number of likely N-dealkylation sites (N-methyl/N-ethyl adjacent to an activating group) is 1. The van der Waals surface area contributed by atoms with Crippen LogP contribution in [0, 0.1) is 0 Å².